The average molecular weight is 229 g/mol. The van der Waals surface area contributed by atoms with E-state index in [4.69, 9.17) is 0 Å². The summed E-state index contributed by atoms with van der Waals surface area (Å²) in [6.07, 6.45) is -4.84. The normalized spacial score (nSPS) is 14.1. The second kappa shape index (κ2) is 3.73. The monoisotopic (exact) mass is 229 g/mol. The van der Waals surface area contributed by atoms with Crippen LogP contribution in [0.1, 0.15) is 11.6 Å². The Bertz CT molecular complexity index is 349. The number of benzene rings is 1. The highest BCUT2D eigenvalue weighted by molar-refractivity contribution is 5.23. The molecule has 0 saturated carbocycles. The predicted octanol–water partition coefficient (Wildman–Crippen LogP) is 2.67. The first kappa shape index (κ1) is 11.8. The van der Waals surface area contributed by atoms with Crippen LogP contribution in [0.15, 0.2) is 12.1 Å². The van der Waals surface area contributed by atoms with Gasteiger partial charge in [-0.3, -0.25) is 0 Å². The van der Waals surface area contributed by atoms with Crippen molar-refractivity contribution in [3.63, 3.8) is 0 Å². The largest absolute Gasteiger partial charge is 0.407 e. The van der Waals surface area contributed by atoms with Crippen LogP contribution in [0.3, 0.4) is 0 Å². The Morgan fingerprint density at radius 2 is 1.40 bits per heavy atom. The van der Waals surface area contributed by atoms with Crippen LogP contribution < -0.4 is 5.73 Å². The molecule has 0 heterocycles. The molecule has 0 saturated heterocycles. The van der Waals surface area contributed by atoms with E-state index in [1.807, 2.05) is 0 Å². The van der Waals surface area contributed by atoms with Crippen LogP contribution >= 0.6 is 0 Å². The molecule has 2 N–H and O–H groups in total. The Labute approximate surface area is 80.5 Å². The molecule has 0 aliphatic carbocycles. The third kappa shape index (κ3) is 2.41. The molecule has 1 aromatic carbocycles. The SMILES string of the molecule is N[C@@H](c1cc(F)c(F)c(F)c1)C(F)(F)F. The van der Waals surface area contributed by atoms with Crippen molar-refractivity contribution in [1.29, 1.82) is 0 Å². The van der Waals surface area contributed by atoms with E-state index in [2.05, 4.69) is 5.73 Å². The summed E-state index contributed by atoms with van der Waals surface area (Å²) in [5.41, 5.74) is 3.82. The predicted molar refractivity (Wildman–Crippen MR) is 39.3 cm³/mol. The molecule has 0 unspecified atom stereocenters. The molecule has 0 spiro atoms. The summed E-state index contributed by atoms with van der Waals surface area (Å²) in [6.45, 7) is 0. The zero-order valence-corrected chi connectivity index (χ0v) is 7.08. The van der Waals surface area contributed by atoms with Crippen molar-refractivity contribution in [3.05, 3.63) is 35.1 Å². The summed E-state index contributed by atoms with van der Waals surface area (Å²) < 4.78 is 73.6. The standard InChI is InChI=1S/C8H5F6N/c9-4-1-3(2-5(10)6(4)11)7(15)8(12,13)14/h1-2,7H,15H2/t7-/m0/s1. The van der Waals surface area contributed by atoms with E-state index in [0.717, 1.165) is 0 Å². The lowest BCUT2D eigenvalue weighted by Gasteiger charge is -2.15. The molecule has 0 fully saturated rings. The lowest BCUT2D eigenvalue weighted by atomic mass is 10.1. The third-order valence-electron chi connectivity index (χ3n) is 1.72. The zero-order valence-electron chi connectivity index (χ0n) is 7.08. The van der Waals surface area contributed by atoms with E-state index < -0.39 is 35.2 Å². The van der Waals surface area contributed by atoms with Crippen LogP contribution in [0.25, 0.3) is 0 Å². The number of halogens is 6. The van der Waals surface area contributed by atoms with Gasteiger partial charge in [0.2, 0.25) is 0 Å². The minimum atomic E-state index is -4.84. The van der Waals surface area contributed by atoms with Gasteiger partial charge in [-0.05, 0) is 17.7 Å². The summed E-state index contributed by atoms with van der Waals surface area (Å²) in [7, 11) is 0. The van der Waals surface area contributed by atoms with Crippen molar-refractivity contribution in [2.45, 2.75) is 12.2 Å². The van der Waals surface area contributed by atoms with E-state index in [9.17, 15) is 26.3 Å². The van der Waals surface area contributed by atoms with Crippen molar-refractivity contribution in [3.8, 4) is 0 Å². The lowest BCUT2D eigenvalue weighted by Crippen LogP contribution is -2.28. The summed E-state index contributed by atoms with van der Waals surface area (Å²) in [5, 5.41) is 0. The van der Waals surface area contributed by atoms with Crippen LogP contribution in [0.4, 0.5) is 26.3 Å². The minimum absolute atomic E-state index is 0.219. The van der Waals surface area contributed by atoms with E-state index >= 15 is 0 Å². The molecule has 0 aliphatic rings. The van der Waals surface area contributed by atoms with Crippen molar-refractivity contribution in [2.24, 2.45) is 5.73 Å². The number of alkyl halides is 3. The van der Waals surface area contributed by atoms with Crippen LogP contribution in [0.5, 0.6) is 0 Å². The molecular weight excluding hydrogens is 224 g/mol. The molecular formula is C8H5F6N. The Hall–Kier alpha value is -1.24. The topological polar surface area (TPSA) is 26.0 Å². The molecule has 0 aromatic heterocycles. The highest BCUT2D eigenvalue weighted by atomic mass is 19.4. The Morgan fingerprint density at radius 1 is 1.00 bits per heavy atom. The summed E-state index contributed by atoms with van der Waals surface area (Å²) in [4.78, 5) is 0. The molecule has 7 heteroatoms. The molecule has 15 heavy (non-hydrogen) atoms. The molecule has 1 aromatic rings. The van der Waals surface area contributed by atoms with Crippen molar-refractivity contribution >= 4 is 0 Å². The number of hydrogen-bond acceptors (Lipinski definition) is 1. The van der Waals surface area contributed by atoms with Gasteiger partial charge < -0.3 is 5.73 Å². The second-order valence-electron chi connectivity index (χ2n) is 2.82. The Kier molecular flexibility index (Phi) is 2.94. The number of nitrogens with two attached hydrogens (primary N) is 1. The van der Waals surface area contributed by atoms with Gasteiger partial charge in [-0.1, -0.05) is 0 Å². The fourth-order valence-corrected chi connectivity index (χ4v) is 0.944. The fraction of sp³-hybridized carbons (Fsp3) is 0.250. The van der Waals surface area contributed by atoms with E-state index in [-0.39, 0.29) is 12.1 Å². The molecule has 1 atom stereocenters. The molecule has 0 aliphatic heterocycles. The molecule has 0 radical (unpaired) electrons. The second-order valence-corrected chi connectivity index (χ2v) is 2.82. The first-order valence-corrected chi connectivity index (χ1v) is 3.70. The van der Waals surface area contributed by atoms with Gasteiger partial charge in [-0.15, -0.1) is 0 Å². The summed E-state index contributed by atoms with van der Waals surface area (Å²) in [5.74, 6) is -5.23. The zero-order chi connectivity index (χ0) is 11.8. The maximum absolute atomic E-state index is 12.6. The maximum Gasteiger partial charge on any atom is 0.407 e. The molecule has 1 nitrogen and oxygen atoms in total. The number of rotatable bonds is 1. The van der Waals surface area contributed by atoms with Gasteiger partial charge in [-0.25, -0.2) is 13.2 Å². The van der Waals surface area contributed by atoms with Gasteiger partial charge in [0.25, 0.3) is 0 Å². The van der Waals surface area contributed by atoms with Gasteiger partial charge in [0.15, 0.2) is 17.5 Å². The smallest absolute Gasteiger partial charge is 0.316 e. The van der Waals surface area contributed by atoms with E-state index in [1.54, 1.807) is 0 Å². The fourth-order valence-electron chi connectivity index (χ4n) is 0.944. The average Bonchev–Trinajstić information content (AvgIpc) is 2.10. The minimum Gasteiger partial charge on any atom is -0.316 e. The van der Waals surface area contributed by atoms with Gasteiger partial charge in [0.05, 0.1) is 0 Å². The van der Waals surface area contributed by atoms with E-state index in [0.29, 0.717) is 0 Å². The molecule has 84 valence electrons. The summed E-state index contributed by atoms with van der Waals surface area (Å²) in [6, 6.07) is -2.10. The van der Waals surface area contributed by atoms with Crippen LogP contribution in [-0.4, -0.2) is 6.18 Å². The highest BCUT2D eigenvalue weighted by Crippen LogP contribution is 2.31. The van der Waals surface area contributed by atoms with Gasteiger partial charge in [0, 0.05) is 0 Å². The van der Waals surface area contributed by atoms with Gasteiger partial charge in [-0.2, -0.15) is 13.2 Å². The van der Waals surface area contributed by atoms with E-state index in [1.165, 1.54) is 0 Å². The Morgan fingerprint density at radius 3 is 1.73 bits per heavy atom. The first-order valence-electron chi connectivity index (χ1n) is 3.70. The van der Waals surface area contributed by atoms with Crippen molar-refractivity contribution in [2.75, 3.05) is 0 Å². The first-order chi connectivity index (χ1) is 6.73. The lowest BCUT2D eigenvalue weighted by molar-refractivity contribution is -0.149. The molecule has 1 rings (SSSR count). The van der Waals surface area contributed by atoms with Crippen molar-refractivity contribution in [1.82, 2.24) is 0 Å². The third-order valence-corrected chi connectivity index (χ3v) is 1.72. The van der Waals surface area contributed by atoms with Crippen LogP contribution in [0.2, 0.25) is 0 Å². The maximum atomic E-state index is 12.6. The molecule has 0 amide bonds. The quantitative estimate of drug-likeness (QED) is 0.581. The van der Waals surface area contributed by atoms with Crippen molar-refractivity contribution < 1.29 is 26.3 Å². The highest BCUT2D eigenvalue weighted by Gasteiger charge is 2.38. The van der Waals surface area contributed by atoms with Gasteiger partial charge >= 0.3 is 6.18 Å². The molecule has 0 bridgehead atoms. The van der Waals surface area contributed by atoms with Gasteiger partial charge in [0.1, 0.15) is 6.04 Å². The Balaban J connectivity index is 3.17. The van der Waals surface area contributed by atoms with Crippen LogP contribution in [-0.2, 0) is 0 Å². The number of hydrogen-bond donors (Lipinski definition) is 1. The van der Waals surface area contributed by atoms with Crippen LogP contribution in [0, 0.1) is 17.5 Å². The summed E-state index contributed by atoms with van der Waals surface area (Å²) >= 11 is 0.